The van der Waals surface area contributed by atoms with Gasteiger partial charge >= 0.3 is 0 Å². The molecule has 29 heavy (non-hydrogen) atoms. The minimum Gasteiger partial charge on any atom is -0.341 e. The van der Waals surface area contributed by atoms with E-state index in [-0.39, 0.29) is 5.41 Å². The number of fused-ring (bicyclic) bond motifs is 3. The van der Waals surface area contributed by atoms with Crippen molar-refractivity contribution in [3.63, 3.8) is 0 Å². The van der Waals surface area contributed by atoms with Crippen LogP contribution in [0.25, 0.3) is 27.9 Å². The Morgan fingerprint density at radius 1 is 0.828 bits per heavy atom. The molecule has 5 rings (SSSR count). The van der Waals surface area contributed by atoms with Gasteiger partial charge in [0.2, 0.25) is 11.0 Å². The number of anilines is 1. The van der Waals surface area contributed by atoms with Crippen LogP contribution in [0.4, 0.5) is 5.69 Å². The summed E-state index contributed by atoms with van der Waals surface area (Å²) in [6, 6.07) is 25.9. The lowest BCUT2D eigenvalue weighted by Crippen LogP contribution is -2.30. The van der Waals surface area contributed by atoms with Gasteiger partial charge in [-0.25, -0.2) is 0 Å². The van der Waals surface area contributed by atoms with Crippen LogP contribution in [0.15, 0.2) is 84.2 Å². The van der Waals surface area contributed by atoms with Crippen LogP contribution in [0.2, 0.25) is 0 Å². The highest BCUT2D eigenvalue weighted by Crippen LogP contribution is 2.46. The molecule has 3 aromatic carbocycles. The summed E-state index contributed by atoms with van der Waals surface area (Å²) >= 11 is 0. The predicted molar refractivity (Wildman–Crippen MR) is 122 cm³/mol. The first-order valence-corrected chi connectivity index (χ1v) is 10.1. The molecule has 0 aliphatic carbocycles. The van der Waals surface area contributed by atoms with Crippen LogP contribution in [0, 0.1) is 0 Å². The Hall–Kier alpha value is -3.35. The van der Waals surface area contributed by atoms with Crippen molar-refractivity contribution in [3.05, 3.63) is 95.4 Å². The molecule has 1 aliphatic heterocycles. The molecule has 0 spiro atoms. The van der Waals surface area contributed by atoms with E-state index < -0.39 is 0 Å². The third kappa shape index (κ3) is 2.53. The smallest absolute Gasteiger partial charge is 0.213 e. The van der Waals surface area contributed by atoms with Crippen LogP contribution in [0.1, 0.15) is 25.0 Å². The second-order valence-corrected chi connectivity index (χ2v) is 8.35. The molecule has 0 N–H and O–H groups in total. The number of para-hydroxylation sites is 3. The molecule has 0 fully saturated rings. The van der Waals surface area contributed by atoms with Gasteiger partial charge in [0.1, 0.15) is 7.05 Å². The number of nitrogens with zero attached hydrogens (tertiary/aromatic N) is 2. The zero-order valence-electron chi connectivity index (χ0n) is 17.4. The molecule has 2 heteroatoms. The Morgan fingerprint density at radius 2 is 1.38 bits per heavy atom. The fraction of sp³-hybridized carbons (Fsp3) is 0.185. The van der Waals surface area contributed by atoms with E-state index in [0.717, 1.165) is 0 Å². The topological polar surface area (TPSA) is 7.12 Å². The van der Waals surface area contributed by atoms with Gasteiger partial charge in [-0.05, 0) is 43.7 Å². The number of likely N-dealkylation sites (N-methyl/N-ethyl adjacent to an activating group) is 1. The van der Waals surface area contributed by atoms with Crippen molar-refractivity contribution >= 4 is 33.6 Å². The van der Waals surface area contributed by atoms with Crippen molar-refractivity contribution in [2.75, 3.05) is 11.9 Å². The van der Waals surface area contributed by atoms with E-state index in [2.05, 4.69) is 122 Å². The van der Waals surface area contributed by atoms with Gasteiger partial charge in [0.15, 0.2) is 0 Å². The van der Waals surface area contributed by atoms with Crippen molar-refractivity contribution < 1.29 is 4.57 Å². The first-order chi connectivity index (χ1) is 14.0. The Kier molecular flexibility index (Phi) is 3.87. The van der Waals surface area contributed by atoms with Gasteiger partial charge < -0.3 is 4.90 Å². The van der Waals surface area contributed by atoms with Crippen molar-refractivity contribution in [3.8, 4) is 0 Å². The first-order valence-electron chi connectivity index (χ1n) is 10.1. The van der Waals surface area contributed by atoms with Crippen molar-refractivity contribution in [2.24, 2.45) is 7.05 Å². The Morgan fingerprint density at radius 3 is 2.00 bits per heavy atom. The average Bonchev–Trinajstić information content (AvgIpc) is 2.94. The molecule has 0 saturated heterocycles. The van der Waals surface area contributed by atoms with Gasteiger partial charge in [0, 0.05) is 35.8 Å². The molecule has 0 radical (unpaired) electrons. The molecule has 1 aromatic heterocycles. The maximum atomic E-state index is 3.70. The quantitative estimate of drug-likeness (QED) is 0.233. The van der Waals surface area contributed by atoms with E-state index in [4.69, 9.17) is 0 Å². The predicted octanol–water partition coefficient (Wildman–Crippen LogP) is 5.74. The Bertz CT molecular complexity index is 1280. The zero-order valence-corrected chi connectivity index (χ0v) is 17.4. The highest BCUT2D eigenvalue weighted by molar-refractivity contribution is 5.99. The van der Waals surface area contributed by atoms with Gasteiger partial charge in [0.25, 0.3) is 0 Å². The molecule has 0 bridgehead atoms. The zero-order chi connectivity index (χ0) is 20.2. The third-order valence-electron chi connectivity index (χ3n) is 6.33. The largest absolute Gasteiger partial charge is 0.341 e. The summed E-state index contributed by atoms with van der Waals surface area (Å²) in [7, 11) is 4.28. The van der Waals surface area contributed by atoms with Crippen molar-refractivity contribution in [2.45, 2.75) is 19.3 Å². The summed E-state index contributed by atoms with van der Waals surface area (Å²) in [5, 5.41) is 2.50. The van der Waals surface area contributed by atoms with Gasteiger partial charge in [-0.1, -0.05) is 48.2 Å². The molecular formula is C27H25N2+. The number of hydrogen-bond donors (Lipinski definition) is 0. The molecule has 142 valence electrons. The SMILES string of the molecule is CN1C(=C=Cc2c3ccccc3[n+](C)c3ccccc23)C(C)(C)c2ccccc21. The van der Waals surface area contributed by atoms with E-state index in [9.17, 15) is 0 Å². The lowest BCUT2D eigenvalue weighted by molar-refractivity contribution is -0.617. The number of allylic oxidation sites excluding steroid dienone is 1. The summed E-state index contributed by atoms with van der Waals surface area (Å²) in [5.41, 5.74) is 11.1. The monoisotopic (exact) mass is 377 g/mol. The Labute approximate surface area is 172 Å². The molecule has 2 heterocycles. The number of aromatic nitrogens is 1. The minimum atomic E-state index is -0.0765. The van der Waals surface area contributed by atoms with Crippen LogP contribution >= 0.6 is 0 Å². The van der Waals surface area contributed by atoms with Crippen molar-refractivity contribution in [1.29, 1.82) is 0 Å². The van der Waals surface area contributed by atoms with Gasteiger partial charge in [-0.15, -0.1) is 0 Å². The van der Waals surface area contributed by atoms with Gasteiger partial charge in [-0.3, -0.25) is 0 Å². The van der Waals surface area contributed by atoms with E-state index in [1.807, 2.05) is 0 Å². The second kappa shape index (κ2) is 6.34. The molecule has 1 aliphatic rings. The maximum Gasteiger partial charge on any atom is 0.213 e. The standard InChI is InChI=1S/C27H25N2/c1-27(2)22-13-7-10-16-25(22)29(4)26(27)18-17-19-20-11-5-8-14-23(20)28(3)24-15-9-6-12-21(19)24/h5-17H,1-4H3/q+1. The Balaban J connectivity index is 1.82. The summed E-state index contributed by atoms with van der Waals surface area (Å²) in [5.74, 6) is 0. The molecule has 2 nitrogen and oxygen atoms in total. The van der Waals surface area contributed by atoms with E-state index in [1.165, 1.54) is 44.3 Å². The number of rotatable bonds is 1. The lowest BCUT2D eigenvalue weighted by atomic mass is 9.84. The second-order valence-electron chi connectivity index (χ2n) is 8.35. The summed E-state index contributed by atoms with van der Waals surface area (Å²) in [6.45, 7) is 4.57. The summed E-state index contributed by atoms with van der Waals surface area (Å²) < 4.78 is 2.27. The van der Waals surface area contributed by atoms with E-state index in [0.29, 0.717) is 0 Å². The van der Waals surface area contributed by atoms with Gasteiger partial charge in [0.05, 0.1) is 16.5 Å². The van der Waals surface area contributed by atoms with Crippen LogP contribution in [-0.4, -0.2) is 7.05 Å². The first kappa shape index (κ1) is 17.7. The van der Waals surface area contributed by atoms with E-state index in [1.54, 1.807) is 0 Å². The van der Waals surface area contributed by atoms with Gasteiger partial charge in [-0.2, -0.15) is 4.57 Å². The fourth-order valence-corrected chi connectivity index (χ4v) is 4.80. The normalized spacial score (nSPS) is 14.9. The third-order valence-corrected chi connectivity index (χ3v) is 6.33. The summed E-state index contributed by atoms with van der Waals surface area (Å²) in [4.78, 5) is 2.28. The van der Waals surface area contributed by atoms with Crippen molar-refractivity contribution in [1.82, 2.24) is 0 Å². The molecule has 0 atom stereocenters. The van der Waals surface area contributed by atoms with Crippen LogP contribution < -0.4 is 9.47 Å². The highest BCUT2D eigenvalue weighted by atomic mass is 15.2. The minimum absolute atomic E-state index is 0.0765. The molecule has 0 unspecified atom stereocenters. The highest BCUT2D eigenvalue weighted by Gasteiger charge is 2.38. The molecular weight excluding hydrogens is 352 g/mol. The number of benzene rings is 3. The lowest BCUT2D eigenvalue weighted by Gasteiger charge is -2.21. The molecule has 0 amide bonds. The van der Waals surface area contributed by atoms with Crippen LogP contribution in [0.5, 0.6) is 0 Å². The maximum absolute atomic E-state index is 3.70. The number of hydrogen-bond acceptors (Lipinski definition) is 1. The van der Waals surface area contributed by atoms with E-state index >= 15 is 0 Å². The fourth-order valence-electron chi connectivity index (χ4n) is 4.80. The number of aryl methyl sites for hydroxylation is 1. The van der Waals surface area contributed by atoms with Crippen LogP contribution in [-0.2, 0) is 12.5 Å². The van der Waals surface area contributed by atoms with Crippen LogP contribution in [0.3, 0.4) is 0 Å². The summed E-state index contributed by atoms with van der Waals surface area (Å²) in [6.07, 6.45) is 2.18. The molecule has 4 aromatic rings. The number of pyridine rings is 1. The average molecular weight is 378 g/mol. The molecule has 0 saturated carbocycles.